The standard InChI is InChI=1S/C13H13ClN4O3/c1-17-8-9(7-16-17)4-5-15-13(19)10-2-3-12(18(20)21)11(14)6-10/h2-3,6-8H,4-5H2,1H3,(H,15,19). The summed E-state index contributed by atoms with van der Waals surface area (Å²) in [5.74, 6) is -0.323. The second-order valence-electron chi connectivity index (χ2n) is 4.45. The van der Waals surface area contributed by atoms with Gasteiger partial charge in [-0.25, -0.2) is 0 Å². The van der Waals surface area contributed by atoms with Crippen molar-refractivity contribution in [1.29, 1.82) is 0 Å². The molecule has 1 aromatic carbocycles. The lowest BCUT2D eigenvalue weighted by molar-refractivity contribution is -0.384. The van der Waals surface area contributed by atoms with Crippen molar-refractivity contribution in [3.05, 3.63) is 56.9 Å². The zero-order valence-corrected chi connectivity index (χ0v) is 12.0. The summed E-state index contributed by atoms with van der Waals surface area (Å²) in [7, 11) is 1.82. The topological polar surface area (TPSA) is 90.1 Å². The van der Waals surface area contributed by atoms with Gasteiger partial charge in [0.2, 0.25) is 0 Å². The number of hydrogen-bond acceptors (Lipinski definition) is 4. The van der Waals surface area contributed by atoms with Crippen LogP contribution < -0.4 is 5.32 Å². The van der Waals surface area contributed by atoms with E-state index in [1.54, 1.807) is 10.9 Å². The molecule has 1 heterocycles. The summed E-state index contributed by atoms with van der Waals surface area (Å²) in [6, 6.07) is 3.89. The van der Waals surface area contributed by atoms with Gasteiger partial charge >= 0.3 is 0 Å². The molecule has 2 rings (SSSR count). The maximum atomic E-state index is 11.9. The van der Waals surface area contributed by atoms with Gasteiger partial charge in [-0.15, -0.1) is 0 Å². The lowest BCUT2D eigenvalue weighted by Gasteiger charge is -2.05. The molecule has 0 spiro atoms. The summed E-state index contributed by atoms with van der Waals surface area (Å²) in [5.41, 5.74) is 1.08. The molecular weight excluding hydrogens is 296 g/mol. The highest BCUT2D eigenvalue weighted by Crippen LogP contribution is 2.24. The van der Waals surface area contributed by atoms with Gasteiger partial charge in [0.25, 0.3) is 11.6 Å². The van der Waals surface area contributed by atoms with Crippen LogP contribution in [-0.4, -0.2) is 27.2 Å². The Morgan fingerprint density at radius 1 is 1.52 bits per heavy atom. The Morgan fingerprint density at radius 2 is 2.29 bits per heavy atom. The van der Waals surface area contributed by atoms with E-state index in [4.69, 9.17) is 11.6 Å². The Bertz CT molecular complexity index is 684. The van der Waals surface area contributed by atoms with E-state index in [0.717, 1.165) is 5.56 Å². The van der Waals surface area contributed by atoms with Gasteiger partial charge in [0.1, 0.15) is 5.02 Å². The quantitative estimate of drug-likeness (QED) is 0.675. The van der Waals surface area contributed by atoms with Crippen LogP contribution >= 0.6 is 11.6 Å². The number of hydrogen-bond donors (Lipinski definition) is 1. The van der Waals surface area contributed by atoms with Crippen LogP contribution in [0.1, 0.15) is 15.9 Å². The first kappa shape index (κ1) is 15.0. The summed E-state index contributed by atoms with van der Waals surface area (Å²) in [6.45, 7) is 0.444. The fourth-order valence-electron chi connectivity index (χ4n) is 1.82. The van der Waals surface area contributed by atoms with Crippen LogP contribution in [0.4, 0.5) is 5.69 Å². The van der Waals surface area contributed by atoms with Gasteiger partial charge in [-0.05, 0) is 24.1 Å². The number of aromatic nitrogens is 2. The molecule has 2 aromatic rings. The van der Waals surface area contributed by atoms with Crippen molar-refractivity contribution in [2.45, 2.75) is 6.42 Å². The summed E-state index contributed by atoms with van der Waals surface area (Å²) < 4.78 is 1.69. The number of carbonyl (C=O) groups excluding carboxylic acids is 1. The van der Waals surface area contributed by atoms with Gasteiger partial charge in [-0.1, -0.05) is 11.6 Å². The van der Waals surface area contributed by atoms with Crippen molar-refractivity contribution in [2.75, 3.05) is 6.54 Å². The van der Waals surface area contributed by atoms with Gasteiger partial charge < -0.3 is 5.32 Å². The highest BCUT2D eigenvalue weighted by molar-refractivity contribution is 6.33. The van der Waals surface area contributed by atoms with E-state index in [0.29, 0.717) is 13.0 Å². The molecule has 21 heavy (non-hydrogen) atoms. The molecule has 1 N–H and O–H groups in total. The lowest BCUT2D eigenvalue weighted by atomic mass is 10.2. The summed E-state index contributed by atoms with van der Waals surface area (Å²) in [4.78, 5) is 22.0. The normalized spacial score (nSPS) is 10.4. The SMILES string of the molecule is Cn1cc(CCNC(=O)c2ccc([N+](=O)[O-])c(Cl)c2)cn1. The minimum Gasteiger partial charge on any atom is -0.352 e. The number of nitrogens with one attached hydrogen (secondary N) is 1. The molecule has 1 amide bonds. The van der Waals surface area contributed by atoms with Crippen molar-refractivity contribution in [3.63, 3.8) is 0 Å². The van der Waals surface area contributed by atoms with Crippen LogP contribution in [0.2, 0.25) is 5.02 Å². The summed E-state index contributed by atoms with van der Waals surface area (Å²) in [5, 5.41) is 17.4. The fourth-order valence-corrected chi connectivity index (χ4v) is 2.07. The van der Waals surface area contributed by atoms with Crippen molar-refractivity contribution in [2.24, 2.45) is 7.05 Å². The number of amides is 1. The molecule has 0 fully saturated rings. The molecular formula is C13H13ClN4O3. The molecule has 0 unspecified atom stereocenters. The predicted octanol–water partition coefficient (Wildman–Crippen LogP) is 1.95. The minimum absolute atomic E-state index is 0.0556. The number of benzene rings is 1. The maximum absolute atomic E-state index is 11.9. The van der Waals surface area contributed by atoms with Crippen molar-refractivity contribution in [3.8, 4) is 0 Å². The van der Waals surface area contributed by atoms with Crippen LogP contribution in [0.5, 0.6) is 0 Å². The zero-order valence-electron chi connectivity index (χ0n) is 11.2. The number of nitro groups is 1. The zero-order chi connectivity index (χ0) is 15.4. The molecule has 1 aromatic heterocycles. The van der Waals surface area contributed by atoms with Crippen LogP contribution in [-0.2, 0) is 13.5 Å². The molecule has 110 valence electrons. The van der Waals surface area contributed by atoms with Gasteiger partial charge in [0.05, 0.1) is 11.1 Å². The van der Waals surface area contributed by atoms with E-state index in [9.17, 15) is 14.9 Å². The largest absolute Gasteiger partial charge is 0.352 e. The Balaban J connectivity index is 1.94. The van der Waals surface area contributed by atoms with Gasteiger partial charge in [-0.3, -0.25) is 19.6 Å². The van der Waals surface area contributed by atoms with E-state index in [2.05, 4.69) is 10.4 Å². The fraction of sp³-hybridized carbons (Fsp3) is 0.231. The monoisotopic (exact) mass is 308 g/mol. The number of rotatable bonds is 5. The Hall–Kier alpha value is -2.41. The third-order valence-corrected chi connectivity index (χ3v) is 3.17. The highest BCUT2D eigenvalue weighted by atomic mass is 35.5. The van der Waals surface area contributed by atoms with Crippen molar-refractivity contribution >= 4 is 23.2 Å². The molecule has 0 aliphatic rings. The smallest absolute Gasteiger partial charge is 0.287 e. The number of carbonyl (C=O) groups is 1. The number of aryl methyl sites for hydroxylation is 1. The van der Waals surface area contributed by atoms with E-state index in [1.807, 2.05) is 13.2 Å². The average Bonchev–Trinajstić information content (AvgIpc) is 2.83. The Morgan fingerprint density at radius 3 is 2.86 bits per heavy atom. The molecule has 0 atom stereocenters. The van der Waals surface area contributed by atoms with E-state index >= 15 is 0 Å². The summed E-state index contributed by atoms with van der Waals surface area (Å²) >= 11 is 5.77. The molecule has 0 saturated heterocycles. The molecule has 0 bridgehead atoms. The molecule has 0 aliphatic carbocycles. The molecule has 7 nitrogen and oxygen atoms in total. The first-order valence-corrected chi connectivity index (χ1v) is 6.55. The van der Waals surface area contributed by atoms with Crippen LogP contribution in [0.25, 0.3) is 0 Å². The van der Waals surface area contributed by atoms with E-state index < -0.39 is 4.92 Å². The van der Waals surface area contributed by atoms with Gasteiger partial charge in [-0.2, -0.15) is 5.10 Å². The molecule has 0 radical (unpaired) electrons. The maximum Gasteiger partial charge on any atom is 0.287 e. The second-order valence-corrected chi connectivity index (χ2v) is 4.86. The van der Waals surface area contributed by atoms with Crippen LogP contribution in [0.15, 0.2) is 30.6 Å². The van der Waals surface area contributed by atoms with Crippen LogP contribution in [0.3, 0.4) is 0 Å². The third kappa shape index (κ3) is 3.79. The van der Waals surface area contributed by atoms with Gasteiger partial charge in [0.15, 0.2) is 0 Å². The predicted molar refractivity (Wildman–Crippen MR) is 77.4 cm³/mol. The number of halogens is 1. The second kappa shape index (κ2) is 6.36. The van der Waals surface area contributed by atoms with Crippen LogP contribution in [0, 0.1) is 10.1 Å². The first-order chi connectivity index (χ1) is 9.97. The first-order valence-electron chi connectivity index (χ1n) is 6.17. The highest BCUT2D eigenvalue weighted by Gasteiger charge is 2.15. The van der Waals surface area contributed by atoms with E-state index in [1.165, 1.54) is 18.2 Å². The summed E-state index contributed by atoms with van der Waals surface area (Å²) in [6.07, 6.45) is 4.25. The average molecular weight is 309 g/mol. The molecule has 0 saturated carbocycles. The number of nitrogens with zero attached hydrogens (tertiary/aromatic N) is 3. The van der Waals surface area contributed by atoms with Crippen molar-refractivity contribution < 1.29 is 9.72 Å². The number of nitro benzene ring substituents is 1. The van der Waals surface area contributed by atoms with Crippen molar-refractivity contribution in [1.82, 2.24) is 15.1 Å². The Kier molecular flexibility index (Phi) is 4.54. The van der Waals surface area contributed by atoms with Gasteiger partial charge in [0, 0.05) is 31.4 Å². The molecule has 0 aliphatic heterocycles. The third-order valence-electron chi connectivity index (χ3n) is 2.86. The minimum atomic E-state index is -0.591. The lowest BCUT2D eigenvalue weighted by Crippen LogP contribution is -2.25. The Labute approximate surface area is 125 Å². The molecule has 8 heteroatoms. The van der Waals surface area contributed by atoms with E-state index in [-0.39, 0.29) is 22.2 Å².